The predicted molar refractivity (Wildman–Crippen MR) is 396 cm³/mol. The van der Waals surface area contributed by atoms with Crippen LogP contribution in [0.15, 0.2) is 267 Å². The zero-order valence-electron chi connectivity index (χ0n) is 56.2. The fourth-order valence-corrected chi connectivity index (χ4v) is 9.57. The van der Waals surface area contributed by atoms with Crippen LogP contribution >= 0.6 is 0 Å². The molecule has 0 bridgehead atoms. The van der Waals surface area contributed by atoms with Crippen LogP contribution in [0.5, 0.6) is 57.5 Å². The normalized spacial score (nSPS) is 10.8. The molecule has 0 aliphatic carbocycles. The lowest BCUT2D eigenvalue weighted by Crippen LogP contribution is -2.28. The van der Waals surface area contributed by atoms with E-state index in [1.54, 1.807) is 121 Å². The van der Waals surface area contributed by atoms with Crippen LogP contribution in [0.3, 0.4) is 0 Å². The maximum absolute atomic E-state index is 14.2. The molecule has 0 atom stereocenters. The van der Waals surface area contributed by atoms with E-state index < -0.39 is 34.8 Å². The van der Waals surface area contributed by atoms with E-state index in [0.717, 1.165) is 34.2 Å². The van der Waals surface area contributed by atoms with Crippen LogP contribution in [0.4, 0.5) is 63.1 Å². The highest BCUT2D eigenvalue weighted by Gasteiger charge is 2.30. The molecule has 520 valence electrons. The Morgan fingerprint density at radius 1 is 0.265 bits per heavy atom. The molecule has 12 aromatic carbocycles. The minimum atomic E-state index is -1.73. The van der Waals surface area contributed by atoms with Gasteiger partial charge in [-0.1, -0.05) is 76.2 Å². The third-order valence-electron chi connectivity index (χ3n) is 15.5. The summed E-state index contributed by atoms with van der Waals surface area (Å²) in [6, 6.07) is 76.2. The summed E-state index contributed by atoms with van der Waals surface area (Å²) < 4.78 is 89.8. The SMILES string of the molecule is CC(C)(COc1ccc(N)cc1)COc1ccc(N)cc1.CC(C)(c1ccc(N)cc1)c1ccc(N)cc1.Nc1ccc(Oc2c(F)c(F)c(Oc3ccc(N)cc3)c(F)c2F)cc1.Nc1ccc(Oc2ccc(C(=O)c3ccc(C(=O)c4ccc(Oc5ccc(N)cc5)cc4)cc3)cc2)cc1. The van der Waals surface area contributed by atoms with Crippen molar-refractivity contribution in [1.82, 2.24) is 0 Å². The number of ketones is 2. The highest BCUT2D eigenvalue weighted by molar-refractivity contribution is 6.11. The first-order chi connectivity index (χ1) is 48.7. The minimum absolute atomic E-state index is 0.0403. The molecule has 0 radical (unpaired) electrons. The Morgan fingerprint density at radius 3 is 0.667 bits per heavy atom. The standard InChI is InChI=1S/C32H24N2O4.C18H12F4N2O2.C17H22N2O2.C15H18N2/c33-25-9-17-29(18-10-25)37-27-13-5-23(6-14-27)31(35)21-1-2-22(4-3-21)32(36)24-7-15-28(16-8-24)38-30-19-11-26(34)12-20-30;19-13-15(21)18(26-12-7-3-10(24)4-8-12)16(22)14(20)17(13)25-11-5-1-9(23)2-6-11;1-17(2,11-20-15-7-3-13(18)4-8-15)12-21-16-9-5-14(19)6-10-16;1-15(2,11-3-7-13(16)8-4-11)12-5-9-14(17)10-6-12/h1-20H,33-34H2;1-8H,23-24H2;3-10H,11-12,18-19H2,1-2H3;3-10H,16-17H2,1-2H3. The summed E-state index contributed by atoms with van der Waals surface area (Å²) in [7, 11) is 0. The van der Waals surface area contributed by atoms with Crippen LogP contribution in [0, 0.1) is 28.7 Å². The maximum atomic E-state index is 14.2. The van der Waals surface area contributed by atoms with E-state index in [0.29, 0.717) is 81.2 Å². The van der Waals surface area contributed by atoms with Crippen LogP contribution < -0.4 is 74.3 Å². The highest BCUT2D eigenvalue weighted by atomic mass is 19.2. The Morgan fingerprint density at radius 2 is 0.441 bits per heavy atom. The van der Waals surface area contributed by atoms with Gasteiger partial charge in [-0.2, -0.15) is 17.6 Å². The summed E-state index contributed by atoms with van der Waals surface area (Å²) in [5.74, 6) is -5.63. The average molecular weight is 1380 g/mol. The number of hydrogen-bond donors (Lipinski definition) is 8. The number of ether oxygens (including phenoxy) is 6. The topological polar surface area (TPSA) is 298 Å². The summed E-state index contributed by atoms with van der Waals surface area (Å²) in [5, 5.41) is 0. The zero-order chi connectivity index (χ0) is 73.1. The smallest absolute Gasteiger partial charge is 0.208 e. The monoisotopic (exact) mass is 1380 g/mol. The van der Waals surface area contributed by atoms with Gasteiger partial charge >= 0.3 is 0 Å². The quantitative estimate of drug-likeness (QED) is 0.0152. The third kappa shape index (κ3) is 20.5. The van der Waals surface area contributed by atoms with E-state index in [1.165, 1.54) is 59.7 Å². The predicted octanol–water partition coefficient (Wildman–Crippen LogP) is 18.4. The second-order valence-electron chi connectivity index (χ2n) is 24.6. The van der Waals surface area contributed by atoms with Gasteiger partial charge in [0, 0.05) is 78.6 Å². The van der Waals surface area contributed by atoms with Gasteiger partial charge in [0.05, 0.1) is 13.2 Å². The van der Waals surface area contributed by atoms with Crippen molar-refractivity contribution in [3.8, 4) is 57.5 Å². The van der Waals surface area contributed by atoms with Gasteiger partial charge < -0.3 is 74.3 Å². The molecule has 0 aliphatic rings. The van der Waals surface area contributed by atoms with Crippen LogP contribution in [0.1, 0.15) is 70.7 Å². The first kappa shape index (κ1) is 73.2. The van der Waals surface area contributed by atoms with Gasteiger partial charge in [0.15, 0.2) is 11.6 Å². The van der Waals surface area contributed by atoms with E-state index in [4.69, 9.17) is 74.3 Å². The highest BCUT2D eigenvalue weighted by Crippen LogP contribution is 2.40. The van der Waals surface area contributed by atoms with Crippen LogP contribution in [-0.4, -0.2) is 24.8 Å². The lowest BCUT2D eigenvalue weighted by molar-refractivity contribution is 0.102. The number of nitrogen functional groups attached to an aromatic ring is 8. The zero-order valence-corrected chi connectivity index (χ0v) is 56.2. The Hall–Kier alpha value is -13.1. The summed E-state index contributed by atoms with van der Waals surface area (Å²) in [6.45, 7) is 9.72. The largest absolute Gasteiger partial charge is 0.493 e. The van der Waals surface area contributed by atoms with Crippen molar-refractivity contribution < 1.29 is 55.6 Å². The molecule has 0 aliphatic heterocycles. The van der Waals surface area contributed by atoms with Crippen molar-refractivity contribution in [3.05, 3.63) is 324 Å². The molecule has 0 amide bonds. The Balaban J connectivity index is 0.000000166. The molecule has 0 fully saturated rings. The van der Waals surface area contributed by atoms with Crippen molar-refractivity contribution in [2.24, 2.45) is 5.41 Å². The molecule has 16 nitrogen and oxygen atoms in total. The second-order valence-corrected chi connectivity index (χ2v) is 24.6. The molecule has 102 heavy (non-hydrogen) atoms. The van der Waals surface area contributed by atoms with E-state index in [-0.39, 0.29) is 33.9 Å². The fraction of sp³-hybridized carbons (Fsp3) is 0.0976. The minimum Gasteiger partial charge on any atom is -0.493 e. The third-order valence-corrected chi connectivity index (χ3v) is 15.5. The van der Waals surface area contributed by atoms with Crippen molar-refractivity contribution in [2.75, 3.05) is 59.1 Å². The van der Waals surface area contributed by atoms with Crippen molar-refractivity contribution in [1.29, 1.82) is 0 Å². The molecule has 12 aromatic rings. The van der Waals surface area contributed by atoms with Crippen LogP contribution in [0.25, 0.3) is 0 Å². The molecule has 0 saturated heterocycles. The van der Waals surface area contributed by atoms with Gasteiger partial charge in [-0.05, 0) is 230 Å². The molecule has 20 heteroatoms. The lowest BCUT2D eigenvalue weighted by atomic mass is 9.78. The Labute approximate surface area is 588 Å². The number of halogens is 4. The molecular weight excluding hydrogens is 1300 g/mol. The van der Waals surface area contributed by atoms with E-state index in [1.807, 2.05) is 72.8 Å². The van der Waals surface area contributed by atoms with E-state index >= 15 is 0 Å². The summed E-state index contributed by atoms with van der Waals surface area (Å²) in [4.78, 5) is 25.9. The number of rotatable bonds is 20. The molecule has 16 N–H and O–H groups in total. The van der Waals surface area contributed by atoms with E-state index in [9.17, 15) is 27.2 Å². The Kier molecular flexibility index (Phi) is 24.0. The molecular formula is C82H76F4N8O8. The number of hydrogen-bond acceptors (Lipinski definition) is 16. The Bertz CT molecular complexity index is 4400. The van der Waals surface area contributed by atoms with Gasteiger partial charge in [0.1, 0.15) is 46.0 Å². The van der Waals surface area contributed by atoms with Crippen molar-refractivity contribution in [2.45, 2.75) is 33.1 Å². The van der Waals surface area contributed by atoms with Gasteiger partial charge in [-0.3, -0.25) is 9.59 Å². The molecule has 12 rings (SSSR count). The molecule has 0 heterocycles. The first-order valence-corrected chi connectivity index (χ1v) is 31.8. The summed E-state index contributed by atoms with van der Waals surface area (Å²) in [5.41, 5.74) is 54.5. The second kappa shape index (κ2) is 33.4. The number of carbonyl (C=O) groups is 2. The molecule has 0 spiro atoms. The van der Waals surface area contributed by atoms with Gasteiger partial charge in [-0.25, -0.2) is 0 Å². The van der Waals surface area contributed by atoms with Crippen molar-refractivity contribution >= 4 is 57.1 Å². The molecule has 0 unspecified atom stereocenters. The summed E-state index contributed by atoms with van der Waals surface area (Å²) in [6.07, 6.45) is 0. The molecule has 0 aromatic heterocycles. The van der Waals surface area contributed by atoms with Gasteiger partial charge in [0.2, 0.25) is 34.8 Å². The fourth-order valence-electron chi connectivity index (χ4n) is 9.57. The van der Waals surface area contributed by atoms with Crippen molar-refractivity contribution in [3.63, 3.8) is 0 Å². The average Bonchev–Trinajstić information content (AvgIpc) is 0.794. The van der Waals surface area contributed by atoms with Gasteiger partial charge in [-0.15, -0.1) is 0 Å². The molecule has 0 saturated carbocycles. The summed E-state index contributed by atoms with van der Waals surface area (Å²) >= 11 is 0. The lowest BCUT2D eigenvalue weighted by Gasteiger charge is -2.26. The maximum Gasteiger partial charge on any atom is 0.208 e. The number of anilines is 8. The van der Waals surface area contributed by atoms with Gasteiger partial charge in [0.25, 0.3) is 0 Å². The number of nitrogens with two attached hydrogens (primary N) is 8. The van der Waals surface area contributed by atoms with Crippen LogP contribution in [-0.2, 0) is 5.41 Å². The van der Waals surface area contributed by atoms with Crippen LogP contribution in [0.2, 0.25) is 0 Å². The number of benzene rings is 12. The first-order valence-electron chi connectivity index (χ1n) is 31.8. The van der Waals surface area contributed by atoms with E-state index in [2.05, 4.69) is 52.0 Å². The number of carbonyl (C=O) groups excluding carboxylic acids is 2.